The van der Waals surface area contributed by atoms with Crippen LogP contribution in [0.2, 0.25) is 0 Å². The van der Waals surface area contributed by atoms with Crippen LogP contribution in [0.1, 0.15) is 219 Å². The van der Waals surface area contributed by atoms with Gasteiger partial charge in [0.05, 0.1) is 34.4 Å². The number of esters is 2. The summed E-state index contributed by atoms with van der Waals surface area (Å²) in [5.74, 6) is -1.45. The molecule has 0 amide bonds. The third-order valence-electron chi connectivity index (χ3n) is 10.7. The normalized spacial score (nSPS) is 13.0. The van der Waals surface area contributed by atoms with E-state index < -0.39 is 18.1 Å². The first-order chi connectivity index (χ1) is 26.6. The first-order valence-corrected chi connectivity index (χ1v) is 23.2. The number of aliphatic carboxylic acids is 1. The largest absolute Gasteiger partial charge is 0.477 e. The maximum absolute atomic E-state index is 12.7. The number of likely N-dealkylation sites (N-methyl/N-ethyl adjacent to an activating group) is 1. The maximum atomic E-state index is 12.7. The average Bonchev–Trinajstić information content (AvgIpc) is 3.14. The lowest BCUT2D eigenvalue weighted by Gasteiger charge is -2.31. The average molecular weight is 781 g/mol. The van der Waals surface area contributed by atoms with Gasteiger partial charge in [-0.15, -0.1) is 0 Å². The number of rotatable bonds is 42. The lowest BCUT2D eigenvalue weighted by molar-refractivity contribution is -0.887. The zero-order valence-corrected chi connectivity index (χ0v) is 36.9. The molecule has 0 aromatic rings. The molecule has 0 rings (SSSR count). The molecule has 324 valence electrons. The van der Waals surface area contributed by atoms with E-state index in [-0.39, 0.29) is 36.2 Å². The Balaban J connectivity index is 4.26. The Bertz CT molecular complexity index is 915. The number of carboxylic acid groups (broad SMARTS) is 1. The molecule has 0 aromatic heterocycles. The summed E-state index contributed by atoms with van der Waals surface area (Å²) in [6.45, 7) is 4.75. The molecular formula is C47H90NO7+. The molecule has 0 aliphatic rings. The summed E-state index contributed by atoms with van der Waals surface area (Å²) in [7, 11) is 5.54. The standard InChI is InChI=1S/C47H89NO7/c1-6-8-10-12-14-16-18-20-21-22-23-24-25-26-28-30-32-34-36-38-46(50)55-43(41-53-40-39-44(47(51)52)48(3,4)5)42-54-45(49)37-35-33-31-29-27-19-17-15-13-11-9-7-2/h20-21,43-44H,6-19,22-42H2,1-5H3/p+1/b21-20-. The fourth-order valence-electron chi connectivity index (χ4n) is 7.03. The van der Waals surface area contributed by atoms with Gasteiger partial charge in [0.2, 0.25) is 0 Å². The molecule has 0 bridgehead atoms. The molecule has 0 radical (unpaired) electrons. The van der Waals surface area contributed by atoms with Crippen LogP contribution in [0.3, 0.4) is 0 Å². The lowest BCUT2D eigenvalue weighted by Crippen LogP contribution is -2.50. The van der Waals surface area contributed by atoms with Crippen molar-refractivity contribution >= 4 is 17.9 Å². The van der Waals surface area contributed by atoms with Crippen molar-refractivity contribution in [3.8, 4) is 0 Å². The van der Waals surface area contributed by atoms with E-state index >= 15 is 0 Å². The van der Waals surface area contributed by atoms with Crippen molar-refractivity contribution in [2.24, 2.45) is 0 Å². The molecule has 8 nitrogen and oxygen atoms in total. The van der Waals surface area contributed by atoms with E-state index in [1.807, 2.05) is 21.1 Å². The van der Waals surface area contributed by atoms with Gasteiger partial charge in [-0.1, -0.05) is 174 Å². The van der Waals surface area contributed by atoms with Crippen LogP contribution in [0.15, 0.2) is 12.2 Å². The Morgan fingerprint density at radius 1 is 0.527 bits per heavy atom. The Morgan fingerprint density at radius 2 is 0.909 bits per heavy atom. The second kappa shape index (κ2) is 38.9. The molecule has 2 atom stereocenters. The molecule has 0 aromatic carbocycles. The first-order valence-electron chi connectivity index (χ1n) is 23.2. The van der Waals surface area contributed by atoms with E-state index in [0.717, 1.165) is 38.5 Å². The molecule has 0 aliphatic carbocycles. The molecular weight excluding hydrogens is 691 g/mol. The number of hydrogen-bond acceptors (Lipinski definition) is 6. The monoisotopic (exact) mass is 781 g/mol. The van der Waals surface area contributed by atoms with Crippen molar-refractivity contribution < 1.29 is 38.2 Å². The fraction of sp³-hybridized carbons (Fsp3) is 0.894. The van der Waals surface area contributed by atoms with E-state index in [1.54, 1.807) is 0 Å². The van der Waals surface area contributed by atoms with Gasteiger partial charge in [-0.3, -0.25) is 9.59 Å². The highest BCUT2D eigenvalue weighted by molar-refractivity contribution is 5.72. The third-order valence-corrected chi connectivity index (χ3v) is 10.7. The van der Waals surface area contributed by atoms with Gasteiger partial charge in [0, 0.05) is 19.3 Å². The lowest BCUT2D eigenvalue weighted by atomic mass is 10.0. The molecule has 0 heterocycles. The fourth-order valence-corrected chi connectivity index (χ4v) is 7.03. The van der Waals surface area contributed by atoms with Crippen molar-refractivity contribution in [3.05, 3.63) is 12.2 Å². The van der Waals surface area contributed by atoms with Gasteiger partial charge in [-0.25, -0.2) is 4.79 Å². The van der Waals surface area contributed by atoms with E-state index in [2.05, 4.69) is 26.0 Å². The van der Waals surface area contributed by atoms with Gasteiger partial charge < -0.3 is 23.8 Å². The summed E-state index contributed by atoms with van der Waals surface area (Å²) < 4.78 is 17.3. The highest BCUT2D eigenvalue weighted by Gasteiger charge is 2.31. The Morgan fingerprint density at radius 3 is 1.31 bits per heavy atom. The van der Waals surface area contributed by atoms with E-state index in [0.29, 0.717) is 19.3 Å². The van der Waals surface area contributed by atoms with Crippen molar-refractivity contribution in [3.63, 3.8) is 0 Å². The number of hydrogen-bond donors (Lipinski definition) is 1. The summed E-state index contributed by atoms with van der Waals surface area (Å²) in [6, 6.07) is -0.610. The number of nitrogens with zero attached hydrogens (tertiary/aromatic N) is 1. The topological polar surface area (TPSA) is 99.1 Å². The zero-order valence-electron chi connectivity index (χ0n) is 36.9. The number of unbranched alkanes of at least 4 members (excludes halogenated alkanes) is 26. The molecule has 8 heteroatoms. The van der Waals surface area contributed by atoms with Crippen LogP contribution >= 0.6 is 0 Å². The Hall–Kier alpha value is -1.93. The molecule has 0 saturated carbocycles. The Labute approximate surface area is 339 Å². The quantitative estimate of drug-likeness (QED) is 0.0285. The summed E-state index contributed by atoms with van der Waals surface area (Å²) in [6.07, 6.45) is 41.0. The summed E-state index contributed by atoms with van der Waals surface area (Å²) in [4.78, 5) is 37.0. The van der Waals surface area contributed by atoms with Crippen LogP contribution in [0.4, 0.5) is 0 Å². The second-order valence-electron chi connectivity index (χ2n) is 17.0. The number of quaternary nitrogens is 1. The predicted molar refractivity (Wildman–Crippen MR) is 229 cm³/mol. The number of carboxylic acids is 1. The Kier molecular flexibility index (Phi) is 37.6. The van der Waals surface area contributed by atoms with Crippen molar-refractivity contribution in [2.75, 3.05) is 41.0 Å². The van der Waals surface area contributed by atoms with Crippen LogP contribution in [-0.4, -0.2) is 80.6 Å². The molecule has 0 saturated heterocycles. The first kappa shape index (κ1) is 53.1. The van der Waals surface area contributed by atoms with Crippen molar-refractivity contribution in [1.82, 2.24) is 0 Å². The van der Waals surface area contributed by atoms with Gasteiger partial charge in [-0.05, 0) is 38.5 Å². The van der Waals surface area contributed by atoms with Crippen molar-refractivity contribution in [1.29, 1.82) is 0 Å². The predicted octanol–water partition coefficient (Wildman–Crippen LogP) is 12.7. The second-order valence-corrected chi connectivity index (χ2v) is 17.0. The van der Waals surface area contributed by atoms with Gasteiger partial charge in [0.15, 0.2) is 12.1 Å². The molecule has 0 aliphatic heterocycles. The minimum Gasteiger partial charge on any atom is -0.477 e. The summed E-state index contributed by atoms with van der Waals surface area (Å²) in [5.41, 5.74) is 0. The van der Waals surface area contributed by atoms with Crippen LogP contribution in [0.25, 0.3) is 0 Å². The molecule has 0 spiro atoms. The summed E-state index contributed by atoms with van der Waals surface area (Å²) >= 11 is 0. The molecule has 1 N–H and O–H groups in total. The highest BCUT2D eigenvalue weighted by atomic mass is 16.6. The molecule has 55 heavy (non-hydrogen) atoms. The van der Waals surface area contributed by atoms with Gasteiger partial charge in [0.25, 0.3) is 0 Å². The SMILES string of the molecule is CCCCCCCC/C=C\CCCCCCCCCCCC(=O)OC(COCCC(C(=O)O)[N+](C)(C)C)COC(=O)CCCCCCCCCCCCCC. The number of carbonyl (C=O) groups excluding carboxylic acids is 2. The van der Waals surface area contributed by atoms with Crippen molar-refractivity contribution in [2.45, 2.75) is 231 Å². The highest BCUT2D eigenvalue weighted by Crippen LogP contribution is 2.15. The number of allylic oxidation sites excluding steroid dienone is 2. The van der Waals surface area contributed by atoms with E-state index in [4.69, 9.17) is 14.2 Å². The number of ether oxygens (including phenoxy) is 3. The van der Waals surface area contributed by atoms with Gasteiger partial charge >= 0.3 is 17.9 Å². The van der Waals surface area contributed by atoms with E-state index in [1.165, 1.54) is 148 Å². The zero-order chi connectivity index (χ0) is 40.7. The smallest absolute Gasteiger partial charge is 0.362 e. The molecule has 0 fully saturated rings. The summed E-state index contributed by atoms with van der Waals surface area (Å²) in [5, 5.41) is 9.62. The maximum Gasteiger partial charge on any atom is 0.362 e. The van der Waals surface area contributed by atoms with Gasteiger partial charge in [0.1, 0.15) is 6.61 Å². The third kappa shape index (κ3) is 37.4. The minimum atomic E-state index is -0.872. The van der Waals surface area contributed by atoms with E-state index in [9.17, 15) is 19.5 Å². The van der Waals surface area contributed by atoms with Crippen LogP contribution in [-0.2, 0) is 28.6 Å². The van der Waals surface area contributed by atoms with Crippen LogP contribution in [0, 0.1) is 0 Å². The van der Waals surface area contributed by atoms with Crippen LogP contribution < -0.4 is 0 Å². The van der Waals surface area contributed by atoms with Crippen LogP contribution in [0.5, 0.6) is 0 Å². The number of carbonyl (C=O) groups is 3. The minimum absolute atomic E-state index is 0.0456. The molecule has 2 unspecified atom stereocenters. The van der Waals surface area contributed by atoms with Gasteiger partial charge in [-0.2, -0.15) is 0 Å².